The maximum absolute atomic E-state index is 5.32. The van der Waals surface area contributed by atoms with E-state index < -0.39 is 0 Å². The van der Waals surface area contributed by atoms with Crippen molar-refractivity contribution in [1.29, 1.82) is 0 Å². The zero-order chi connectivity index (χ0) is 12.5. The third kappa shape index (κ3) is 4.51. The van der Waals surface area contributed by atoms with Crippen LogP contribution in [-0.4, -0.2) is 14.2 Å². The van der Waals surface area contributed by atoms with Gasteiger partial charge in [-0.05, 0) is 31.0 Å². The van der Waals surface area contributed by atoms with E-state index in [2.05, 4.69) is 19.1 Å². The summed E-state index contributed by atoms with van der Waals surface area (Å²) in [6, 6.07) is 5.84. The van der Waals surface area contributed by atoms with Crippen LogP contribution in [0.25, 0.3) is 6.08 Å². The number of benzene rings is 1. The lowest BCUT2D eigenvalue weighted by atomic mass is 10.1. The standard InChI is InChI=1S/C15H22O2/c1-4-5-6-7-8-9-13-12-14(16-2)10-11-15(13)17-3/h8-12H,4-7H2,1-3H3/b9-8-. The Morgan fingerprint density at radius 2 is 1.94 bits per heavy atom. The predicted molar refractivity (Wildman–Crippen MR) is 72.7 cm³/mol. The second kappa shape index (κ2) is 7.77. The minimum Gasteiger partial charge on any atom is -0.497 e. The zero-order valence-corrected chi connectivity index (χ0v) is 11.0. The second-order valence-electron chi connectivity index (χ2n) is 4.01. The molecule has 1 rings (SSSR count). The second-order valence-corrected chi connectivity index (χ2v) is 4.01. The predicted octanol–water partition coefficient (Wildman–Crippen LogP) is 4.30. The van der Waals surface area contributed by atoms with Crippen LogP contribution in [0.15, 0.2) is 24.3 Å². The first-order chi connectivity index (χ1) is 8.31. The number of allylic oxidation sites excluding steroid dienone is 1. The zero-order valence-electron chi connectivity index (χ0n) is 11.0. The fourth-order valence-corrected chi connectivity index (χ4v) is 1.69. The van der Waals surface area contributed by atoms with E-state index in [4.69, 9.17) is 9.47 Å². The molecule has 0 atom stereocenters. The molecular weight excluding hydrogens is 212 g/mol. The van der Waals surface area contributed by atoms with Crippen molar-refractivity contribution in [2.45, 2.75) is 32.6 Å². The highest BCUT2D eigenvalue weighted by atomic mass is 16.5. The molecule has 17 heavy (non-hydrogen) atoms. The van der Waals surface area contributed by atoms with Crippen LogP contribution in [0.5, 0.6) is 11.5 Å². The molecule has 1 aromatic carbocycles. The molecule has 0 amide bonds. The third-order valence-corrected chi connectivity index (χ3v) is 2.71. The van der Waals surface area contributed by atoms with Gasteiger partial charge in [0.25, 0.3) is 0 Å². The molecule has 0 aliphatic rings. The first-order valence-corrected chi connectivity index (χ1v) is 6.20. The molecule has 0 fully saturated rings. The Morgan fingerprint density at radius 1 is 1.12 bits per heavy atom. The van der Waals surface area contributed by atoms with Crippen molar-refractivity contribution >= 4 is 6.08 Å². The van der Waals surface area contributed by atoms with E-state index >= 15 is 0 Å². The fraction of sp³-hybridized carbons (Fsp3) is 0.467. The molecule has 2 nitrogen and oxygen atoms in total. The van der Waals surface area contributed by atoms with Crippen LogP contribution in [0.1, 0.15) is 38.2 Å². The van der Waals surface area contributed by atoms with E-state index in [-0.39, 0.29) is 0 Å². The van der Waals surface area contributed by atoms with Gasteiger partial charge in [-0.25, -0.2) is 0 Å². The van der Waals surface area contributed by atoms with Crippen LogP contribution >= 0.6 is 0 Å². The van der Waals surface area contributed by atoms with E-state index in [0.717, 1.165) is 23.5 Å². The lowest BCUT2D eigenvalue weighted by Gasteiger charge is -2.07. The topological polar surface area (TPSA) is 18.5 Å². The Morgan fingerprint density at radius 3 is 2.59 bits per heavy atom. The number of hydrogen-bond acceptors (Lipinski definition) is 2. The summed E-state index contributed by atoms with van der Waals surface area (Å²) in [5.41, 5.74) is 1.07. The van der Waals surface area contributed by atoms with Gasteiger partial charge in [-0.2, -0.15) is 0 Å². The summed E-state index contributed by atoms with van der Waals surface area (Å²) in [5.74, 6) is 1.75. The highest BCUT2D eigenvalue weighted by molar-refractivity contribution is 5.59. The molecule has 0 saturated heterocycles. The molecular formula is C15H22O2. The Kier molecular flexibility index (Phi) is 6.23. The van der Waals surface area contributed by atoms with E-state index in [9.17, 15) is 0 Å². The molecule has 0 bridgehead atoms. The summed E-state index contributed by atoms with van der Waals surface area (Å²) in [5, 5.41) is 0. The highest BCUT2D eigenvalue weighted by Gasteiger charge is 2.01. The molecule has 0 aliphatic heterocycles. The van der Waals surface area contributed by atoms with Crippen LogP contribution in [0, 0.1) is 0 Å². The Balaban J connectivity index is 2.66. The van der Waals surface area contributed by atoms with Gasteiger partial charge in [-0.15, -0.1) is 0 Å². The molecule has 0 spiro atoms. The summed E-state index contributed by atoms with van der Waals surface area (Å²) in [7, 11) is 3.37. The molecule has 1 aromatic rings. The summed E-state index contributed by atoms with van der Waals surface area (Å²) in [6.45, 7) is 2.22. The summed E-state index contributed by atoms with van der Waals surface area (Å²) < 4.78 is 10.5. The van der Waals surface area contributed by atoms with Crippen molar-refractivity contribution in [3.05, 3.63) is 29.8 Å². The summed E-state index contributed by atoms with van der Waals surface area (Å²) in [4.78, 5) is 0. The van der Waals surface area contributed by atoms with Gasteiger partial charge in [0.2, 0.25) is 0 Å². The average Bonchev–Trinajstić information content (AvgIpc) is 2.38. The van der Waals surface area contributed by atoms with Crippen LogP contribution in [-0.2, 0) is 0 Å². The number of hydrogen-bond donors (Lipinski definition) is 0. The van der Waals surface area contributed by atoms with E-state index in [1.807, 2.05) is 18.2 Å². The lowest BCUT2D eigenvalue weighted by Crippen LogP contribution is -1.89. The molecule has 2 heteroatoms. The van der Waals surface area contributed by atoms with Crippen molar-refractivity contribution in [2.24, 2.45) is 0 Å². The van der Waals surface area contributed by atoms with Gasteiger partial charge in [0, 0.05) is 5.56 Å². The van der Waals surface area contributed by atoms with Crippen LogP contribution < -0.4 is 9.47 Å². The molecule has 0 aliphatic carbocycles. The molecule has 0 heterocycles. The average molecular weight is 234 g/mol. The monoisotopic (exact) mass is 234 g/mol. The van der Waals surface area contributed by atoms with Crippen molar-refractivity contribution in [3.8, 4) is 11.5 Å². The Bertz CT molecular complexity index is 356. The first kappa shape index (κ1) is 13.6. The normalized spacial score (nSPS) is 10.8. The summed E-state index contributed by atoms with van der Waals surface area (Å²) in [6.07, 6.45) is 9.23. The molecule has 0 unspecified atom stereocenters. The van der Waals surface area contributed by atoms with Gasteiger partial charge in [-0.1, -0.05) is 31.9 Å². The van der Waals surface area contributed by atoms with E-state index in [0.29, 0.717) is 0 Å². The van der Waals surface area contributed by atoms with Crippen LogP contribution in [0.3, 0.4) is 0 Å². The van der Waals surface area contributed by atoms with Gasteiger partial charge in [0.15, 0.2) is 0 Å². The number of methoxy groups -OCH3 is 2. The van der Waals surface area contributed by atoms with Crippen molar-refractivity contribution in [1.82, 2.24) is 0 Å². The minimum atomic E-state index is 0.860. The van der Waals surface area contributed by atoms with Gasteiger partial charge >= 0.3 is 0 Å². The first-order valence-electron chi connectivity index (χ1n) is 6.20. The highest BCUT2D eigenvalue weighted by Crippen LogP contribution is 2.25. The van der Waals surface area contributed by atoms with Crippen LogP contribution in [0.2, 0.25) is 0 Å². The number of ether oxygens (including phenoxy) is 2. The maximum Gasteiger partial charge on any atom is 0.126 e. The lowest BCUT2D eigenvalue weighted by molar-refractivity contribution is 0.402. The molecule has 0 aromatic heterocycles. The smallest absolute Gasteiger partial charge is 0.126 e. The van der Waals surface area contributed by atoms with Gasteiger partial charge < -0.3 is 9.47 Å². The van der Waals surface area contributed by atoms with Crippen molar-refractivity contribution < 1.29 is 9.47 Å². The van der Waals surface area contributed by atoms with Crippen LogP contribution in [0.4, 0.5) is 0 Å². The van der Waals surface area contributed by atoms with Gasteiger partial charge in [0.1, 0.15) is 11.5 Å². The summed E-state index contributed by atoms with van der Waals surface area (Å²) >= 11 is 0. The molecule has 94 valence electrons. The Hall–Kier alpha value is -1.44. The van der Waals surface area contributed by atoms with E-state index in [1.54, 1.807) is 14.2 Å². The largest absolute Gasteiger partial charge is 0.497 e. The third-order valence-electron chi connectivity index (χ3n) is 2.71. The van der Waals surface area contributed by atoms with Crippen molar-refractivity contribution in [3.63, 3.8) is 0 Å². The fourth-order valence-electron chi connectivity index (χ4n) is 1.69. The van der Waals surface area contributed by atoms with Gasteiger partial charge in [0.05, 0.1) is 14.2 Å². The van der Waals surface area contributed by atoms with Crippen molar-refractivity contribution in [2.75, 3.05) is 14.2 Å². The number of rotatable bonds is 7. The quantitative estimate of drug-likeness (QED) is 0.655. The van der Waals surface area contributed by atoms with E-state index in [1.165, 1.54) is 19.3 Å². The number of unbranched alkanes of at least 4 members (excludes halogenated alkanes) is 3. The minimum absolute atomic E-state index is 0.860. The molecule has 0 saturated carbocycles. The Labute approximate surface area is 104 Å². The maximum atomic E-state index is 5.32. The SMILES string of the molecule is CCCCC/C=C\c1cc(OC)ccc1OC. The molecule has 0 radical (unpaired) electrons. The molecule has 0 N–H and O–H groups in total. The van der Waals surface area contributed by atoms with Gasteiger partial charge in [-0.3, -0.25) is 0 Å².